The number of nitrogens with zero attached hydrogens (tertiary/aromatic N) is 1. The van der Waals surface area contributed by atoms with Crippen LogP contribution in [0, 0.1) is 11.6 Å². The van der Waals surface area contributed by atoms with Gasteiger partial charge in [0.05, 0.1) is 13.2 Å². The summed E-state index contributed by atoms with van der Waals surface area (Å²) in [5.41, 5.74) is 0. The predicted octanol–water partition coefficient (Wildman–Crippen LogP) is 0.792. The van der Waals surface area contributed by atoms with Crippen molar-refractivity contribution in [1.82, 2.24) is 10.2 Å². The van der Waals surface area contributed by atoms with Crippen LogP contribution in [0.1, 0.15) is 0 Å². The first-order chi connectivity index (χ1) is 10.1. The first kappa shape index (κ1) is 15.7. The Morgan fingerprint density at radius 2 is 2.05 bits per heavy atom. The Labute approximate surface area is 121 Å². The molecule has 0 radical (unpaired) electrons. The average Bonchev–Trinajstić information content (AvgIpc) is 2.49. The number of carbonyl (C=O) groups excluding carboxylic acids is 1. The molecule has 1 aliphatic heterocycles. The molecule has 116 valence electrons. The Kier molecular flexibility index (Phi) is 5.89. The molecule has 1 aromatic rings. The maximum atomic E-state index is 12.9. The van der Waals surface area contributed by atoms with Crippen LogP contribution < -0.4 is 10.1 Å². The normalized spacial score (nSPS) is 15.7. The zero-order valence-corrected chi connectivity index (χ0v) is 11.6. The molecule has 1 N–H and O–H groups in total. The summed E-state index contributed by atoms with van der Waals surface area (Å²) in [5.74, 6) is -2.12. The van der Waals surface area contributed by atoms with Crippen molar-refractivity contribution in [3.63, 3.8) is 0 Å². The number of hydrogen-bond donors (Lipinski definition) is 1. The molecule has 0 aromatic heterocycles. The van der Waals surface area contributed by atoms with Crippen LogP contribution in [0.3, 0.4) is 0 Å². The zero-order valence-electron chi connectivity index (χ0n) is 11.6. The van der Waals surface area contributed by atoms with Crippen molar-refractivity contribution in [3.8, 4) is 5.75 Å². The van der Waals surface area contributed by atoms with Crippen molar-refractivity contribution in [3.05, 3.63) is 29.8 Å². The van der Waals surface area contributed by atoms with E-state index in [0.717, 1.165) is 31.8 Å². The maximum absolute atomic E-state index is 12.9. The summed E-state index contributed by atoms with van der Waals surface area (Å²) in [4.78, 5) is 13.8. The van der Waals surface area contributed by atoms with Crippen molar-refractivity contribution >= 4 is 5.91 Å². The molecule has 0 spiro atoms. The third kappa shape index (κ3) is 5.28. The molecule has 1 amide bonds. The fourth-order valence-electron chi connectivity index (χ4n) is 1.94. The fraction of sp³-hybridized carbons (Fsp3) is 0.500. The Hall–Kier alpha value is -1.73. The van der Waals surface area contributed by atoms with Gasteiger partial charge in [0.1, 0.15) is 5.75 Å². The highest BCUT2D eigenvalue weighted by atomic mass is 19.2. The van der Waals surface area contributed by atoms with Crippen molar-refractivity contribution in [2.45, 2.75) is 0 Å². The number of benzene rings is 1. The molecule has 0 saturated carbocycles. The number of ether oxygens (including phenoxy) is 2. The van der Waals surface area contributed by atoms with Gasteiger partial charge in [-0.1, -0.05) is 0 Å². The molecule has 5 nitrogen and oxygen atoms in total. The second-order valence-corrected chi connectivity index (χ2v) is 4.67. The van der Waals surface area contributed by atoms with E-state index >= 15 is 0 Å². The summed E-state index contributed by atoms with van der Waals surface area (Å²) in [7, 11) is 0. The molecule has 1 heterocycles. The predicted molar refractivity (Wildman–Crippen MR) is 72.1 cm³/mol. The minimum atomic E-state index is -1.000. The Balaban J connectivity index is 1.63. The van der Waals surface area contributed by atoms with Crippen LogP contribution in [-0.4, -0.2) is 56.8 Å². The molecule has 2 rings (SSSR count). The van der Waals surface area contributed by atoms with Crippen LogP contribution in [0.15, 0.2) is 18.2 Å². The number of carbonyl (C=O) groups is 1. The van der Waals surface area contributed by atoms with Gasteiger partial charge in [-0.25, -0.2) is 8.78 Å². The summed E-state index contributed by atoms with van der Waals surface area (Å²) in [6.07, 6.45) is 0. The number of halogens is 2. The van der Waals surface area contributed by atoms with Gasteiger partial charge in [0.25, 0.3) is 5.91 Å². The van der Waals surface area contributed by atoms with Gasteiger partial charge in [0.15, 0.2) is 18.2 Å². The molecule has 1 aromatic carbocycles. The molecule has 0 bridgehead atoms. The fourth-order valence-corrected chi connectivity index (χ4v) is 1.94. The standard InChI is InChI=1S/C14H18F2N2O3/c15-12-2-1-11(9-13(12)16)21-10-14(19)17-3-4-18-5-7-20-8-6-18/h1-2,9H,3-8,10H2,(H,17,19). The van der Waals surface area contributed by atoms with E-state index < -0.39 is 11.6 Å². The highest BCUT2D eigenvalue weighted by Crippen LogP contribution is 2.15. The van der Waals surface area contributed by atoms with Gasteiger partial charge in [-0.3, -0.25) is 9.69 Å². The lowest BCUT2D eigenvalue weighted by Crippen LogP contribution is -2.42. The zero-order chi connectivity index (χ0) is 15.1. The van der Waals surface area contributed by atoms with E-state index in [-0.39, 0.29) is 18.3 Å². The van der Waals surface area contributed by atoms with E-state index in [1.807, 2.05) is 0 Å². The quantitative estimate of drug-likeness (QED) is 0.844. The van der Waals surface area contributed by atoms with Gasteiger partial charge >= 0.3 is 0 Å². The summed E-state index contributed by atoms with van der Waals surface area (Å²) in [5, 5.41) is 2.71. The highest BCUT2D eigenvalue weighted by Gasteiger charge is 2.10. The number of amides is 1. The third-order valence-corrected chi connectivity index (χ3v) is 3.11. The van der Waals surface area contributed by atoms with E-state index in [1.54, 1.807) is 0 Å². The summed E-state index contributed by atoms with van der Waals surface area (Å²) in [6, 6.07) is 3.15. The highest BCUT2D eigenvalue weighted by molar-refractivity contribution is 5.77. The first-order valence-electron chi connectivity index (χ1n) is 6.80. The smallest absolute Gasteiger partial charge is 0.257 e. The Bertz CT molecular complexity index is 479. The molecule has 0 unspecified atom stereocenters. The van der Waals surface area contributed by atoms with Gasteiger partial charge < -0.3 is 14.8 Å². The minimum absolute atomic E-state index is 0.122. The van der Waals surface area contributed by atoms with Crippen molar-refractivity contribution < 1.29 is 23.0 Å². The van der Waals surface area contributed by atoms with Crippen molar-refractivity contribution in [1.29, 1.82) is 0 Å². The molecule has 0 atom stereocenters. The second kappa shape index (κ2) is 7.90. The molecular weight excluding hydrogens is 282 g/mol. The van der Waals surface area contributed by atoms with Crippen LogP contribution in [0.2, 0.25) is 0 Å². The van der Waals surface area contributed by atoms with Crippen LogP contribution in [0.25, 0.3) is 0 Å². The van der Waals surface area contributed by atoms with Crippen LogP contribution in [-0.2, 0) is 9.53 Å². The minimum Gasteiger partial charge on any atom is -0.484 e. The number of nitrogens with one attached hydrogen (secondary N) is 1. The van der Waals surface area contributed by atoms with Crippen molar-refractivity contribution in [2.75, 3.05) is 46.0 Å². The maximum Gasteiger partial charge on any atom is 0.257 e. The van der Waals surface area contributed by atoms with Gasteiger partial charge in [-0.05, 0) is 12.1 Å². The Morgan fingerprint density at radius 1 is 1.29 bits per heavy atom. The summed E-state index contributed by atoms with van der Waals surface area (Å²) >= 11 is 0. The SMILES string of the molecule is O=C(COc1ccc(F)c(F)c1)NCCN1CCOCC1. The molecule has 1 fully saturated rings. The molecule has 21 heavy (non-hydrogen) atoms. The van der Waals surface area contributed by atoms with E-state index in [0.29, 0.717) is 19.8 Å². The summed E-state index contributed by atoms with van der Waals surface area (Å²) < 4.78 is 36.0. The second-order valence-electron chi connectivity index (χ2n) is 4.67. The molecule has 7 heteroatoms. The number of morpholine rings is 1. The van der Waals surface area contributed by atoms with Gasteiger partial charge in [-0.15, -0.1) is 0 Å². The van der Waals surface area contributed by atoms with E-state index in [2.05, 4.69) is 10.2 Å². The lowest BCUT2D eigenvalue weighted by Gasteiger charge is -2.26. The van der Waals surface area contributed by atoms with Crippen molar-refractivity contribution in [2.24, 2.45) is 0 Å². The molecule has 1 saturated heterocycles. The monoisotopic (exact) mass is 300 g/mol. The first-order valence-corrected chi connectivity index (χ1v) is 6.80. The van der Waals surface area contributed by atoms with Gasteiger partial charge in [0, 0.05) is 32.2 Å². The molecule has 1 aliphatic rings. The van der Waals surface area contributed by atoms with E-state index in [4.69, 9.17) is 9.47 Å². The van der Waals surface area contributed by atoms with E-state index in [9.17, 15) is 13.6 Å². The van der Waals surface area contributed by atoms with Crippen LogP contribution in [0.5, 0.6) is 5.75 Å². The van der Waals surface area contributed by atoms with E-state index in [1.165, 1.54) is 6.07 Å². The number of rotatable bonds is 6. The molecular formula is C14H18F2N2O3. The van der Waals surface area contributed by atoms with Gasteiger partial charge in [0.2, 0.25) is 0 Å². The largest absolute Gasteiger partial charge is 0.484 e. The number of hydrogen-bond acceptors (Lipinski definition) is 4. The van der Waals surface area contributed by atoms with Gasteiger partial charge in [-0.2, -0.15) is 0 Å². The van der Waals surface area contributed by atoms with Crippen LogP contribution in [0.4, 0.5) is 8.78 Å². The lowest BCUT2D eigenvalue weighted by atomic mass is 10.3. The molecule has 0 aliphatic carbocycles. The van der Waals surface area contributed by atoms with Crippen LogP contribution >= 0.6 is 0 Å². The summed E-state index contributed by atoms with van der Waals surface area (Å²) in [6.45, 7) is 4.19. The Morgan fingerprint density at radius 3 is 2.76 bits per heavy atom. The average molecular weight is 300 g/mol. The lowest BCUT2D eigenvalue weighted by molar-refractivity contribution is -0.123. The third-order valence-electron chi connectivity index (χ3n) is 3.11. The topological polar surface area (TPSA) is 50.8 Å².